The Morgan fingerprint density at radius 3 is 2.14 bits per heavy atom. The van der Waals surface area contributed by atoms with Crippen molar-refractivity contribution in [2.75, 3.05) is 11.9 Å². The molecule has 1 aromatic rings. The highest BCUT2D eigenvalue weighted by Gasteiger charge is 2.50. The number of aliphatic imine (C=N–C) groups is 1. The second kappa shape index (κ2) is 5.86. The topological polar surface area (TPSA) is 73.2 Å². The summed E-state index contributed by atoms with van der Waals surface area (Å²) < 4.78 is -2.41. The monoisotopic (exact) mass is 383 g/mol. The molecule has 0 saturated carbocycles. The molecule has 0 spiro atoms. The van der Waals surface area contributed by atoms with Gasteiger partial charge in [0.1, 0.15) is 0 Å². The fourth-order valence-corrected chi connectivity index (χ4v) is 1.89. The van der Waals surface area contributed by atoms with Crippen LogP contribution >= 0.6 is 46.4 Å². The molecule has 1 saturated heterocycles. The average Bonchev–Trinajstić information content (AvgIpc) is 2.63. The maximum atomic E-state index is 12.2. The van der Waals surface area contributed by atoms with Crippen LogP contribution in [0.1, 0.15) is 0 Å². The standard InChI is InChI=1S/C12H9Cl4N3O3/c1-18-9(20)8(17-12(16,22)11(13,14)15)19(10(18)21)7-5-3-2-4-6-7/h2-6,22H,1H3/b17-8+. The molecule has 1 aromatic carbocycles. The van der Waals surface area contributed by atoms with Crippen LogP contribution in [0.4, 0.5) is 10.5 Å². The molecular weight excluding hydrogens is 376 g/mol. The van der Waals surface area contributed by atoms with Gasteiger partial charge in [0.2, 0.25) is 5.84 Å². The zero-order valence-corrected chi connectivity index (χ0v) is 14.0. The van der Waals surface area contributed by atoms with Gasteiger partial charge in [-0.05, 0) is 12.1 Å². The van der Waals surface area contributed by atoms with Gasteiger partial charge in [0.25, 0.3) is 14.9 Å². The number of amidine groups is 1. The minimum absolute atomic E-state index is 0.348. The molecule has 0 bridgehead atoms. The Morgan fingerprint density at radius 1 is 1.09 bits per heavy atom. The maximum absolute atomic E-state index is 12.2. The summed E-state index contributed by atoms with van der Waals surface area (Å²) in [6, 6.07) is 7.51. The van der Waals surface area contributed by atoms with Crippen molar-refractivity contribution in [3.63, 3.8) is 0 Å². The van der Waals surface area contributed by atoms with E-state index in [1.807, 2.05) is 0 Å². The first-order valence-electron chi connectivity index (χ1n) is 5.81. The first kappa shape index (κ1) is 17.3. The highest BCUT2D eigenvalue weighted by molar-refractivity contribution is 6.71. The number of carbonyl (C=O) groups excluding carboxylic acids is 2. The molecule has 10 heteroatoms. The Kier molecular flexibility index (Phi) is 4.61. The lowest BCUT2D eigenvalue weighted by molar-refractivity contribution is -0.119. The van der Waals surface area contributed by atoms with Crippen LogP contribution in [0, 0.1) is 0 Å². The number of benzene rings is 1. The summed E-state index contributed by atoms with van der Waals surface area (Å²) >= 11 is 22.3. The molecule has 2 rings (SSSR count). The summed E-state index contributed by atoms with van der Waals surface area (Å²) in [7, 11) is 1.26. The number of likely N-dealkylation sites (N-methyl/N-ethyl adjacent to an activating group) is 1. The molecule has 0 radical (unpaired) electrons. The molecule has 118 valence electrons. The van der Waals surface area contributed by atoms with Gasteiger partial charge >= 0.3 is 6.03 Å². The van der Waals surface area contributed by atoms with Gasteiger partial charge in [-0.2, -0.15) is 0 Å². The number of alkyl halides is 4. The first-order valence-corrected chi connectivity index (χ1v) is 7.32. The van der Waals surface area contributed by atoms with E-state index >= 15 is 0 Å². The number of nitrogens with zero attached hydrogens (tertiary/aromatic N) is 3. The van der Waals surface area contributed by atoms with Crippen molar-refractivity contribution in [2.24, 2.45) is 4.99 Å². The molecule has 1 heterocycles. The van der Waals surface area contributed by atoms with Crippen molar-refractivity contribution in [2.45, 2.75) is 8.98 Å². The maximum Gasteiger partial charge on any atom is 0.337 e. The van der Waals surface area contributed by atoms with Crippen LogP contribution < -0.4 is 4.90 Å². The van der Waals surface area contributed by atoms with Crippen molar-refractivity contribution in [1.29, 1.82) is 0 Å². The highest BCUT2D eigenvalue weighted by atomic mass is 35.6. The van der Waals surface area contributed by atoms with Crippen LogP contribution in [0.3, 0.4) is 0 Å². The van der Waals surface area contributed by atoms with Gasteiger partial charge in [0.05, 0.1) is 5.69 Å². The van der Waals surface area contributed by atoms with Crippen LogP contribution in [0.2, 0.25) is 0 Å². The van der Waals surface area contributed by atoms with Gasteiger partial charge in [-0.3, -0.25) is 9.69 Å². The number of imide groups is 1. The van der Waals surface area contributed by atoms with E-state index in [2.05, 4.69) is 4.99 Å². The van der Waals surface area contributed by atoms with E-state index < -0.39 is 26.8 Å². The molecule has 0 aliphatic carbocycles. The summed E-state index contributed by atoms with van der Waals surface area (Å²) in [5.74, 6) is -1.25. The summed E-state index contributed by atoms with van der Waals surface area (Å²) in [4.78, 5) is 29.7. The Labute approximate surface area is 145 Å². The normalized spacial score (nSPS) is 20.7. The Morgan fingerprint density at radius 2 is 1.64 bits per heavy atom. The van der Waals surface area contributed by atoms with Gasteiger partial charge in [-0.25, -0.2) is 14.7 Å². The lowest BCUT2D eigenvalue weighted by atomic mass is 10.3. The number of aliphatic hydroxyl groups is 1. The van der Waals surface area contributed by atoms with Gasteiger partial charge in [-0.15, -0.1) is 0 Å². The van der Waals surface area contributed by atoms with Gasteiger partial charge < -0.3 is 5.11 Å². The molecular formula is C12H9Cl4N3O3. The van der Waals surface area contributed by atoms with Crippen LogP contribution in [-0.4, -0.2) is 43.8 Å². The smallest absolute Gasteiger partial charge is 0.337 e. The molecule has 0 aromatic heterocycles. The largest absolute Gasteiger partial charge is 0.354 e. The molecule has 22 heavy (non-hydrogen) atoms. The number of halogens is 4. The third kappa shape index (κ3) is 3.02. The second-order valence-electron chi connectivity index (χ2n) is 4.34. The lowest BCUT2D eigenvalue weighted by Crippen LogP contribution is -2.40. The van der Waals surface area contributed by atoms with Crippen molar-refractivity contribution in [1.82, 2.24) is 4.90 Å². The van der Waals surface area contributed by atoms with E-state index in [0.717, 1.165) is 9.80 Å². The Bertz CT molecular complexity index is 643. The molecule has 1 fully saturated rings. The lowest BCUT2D eigenvalue weighted by Gasteiger charge is -2.25. The van der Waals surface area contributed by atoms with Crippen LogP contribution in [-0.2, 0) is 4.79 Å². The zero-order chi connectivity index (χ0) is 16.7. The van der Waals surface area contributed by atoms with E-state index in [4.69, 9.17) is 46.4 Å². The minimum Gasteiger partial charge on any atom is -0.354 e. The quantitative estimate of drug-likeness (QED) is 0.484. The number of amides is 3. The fourth-order valence-electron chi connectivity index (χ4n) is 1.68. The van der Waals surface area contributed by atoms with Gasteiger partial charge in [0.15, 0.2) is 0 Å². The Balaban J connectivity index is 2.56. The summed E-state index contributed by atoms with van der Waals surface area (Å²) in [6.07, 6.45) is 0. The Hall–Kier alpha value is -1.05. The first-order chi connectivity index (χ1) is 10.1. The summed E-state index contributed by atoms with van der Waals surface area (Å²) in [5, 5.41) is 7.22. The van der Waals surface area contributed by atoms with Gasteiger partial charge in [-0.1, -0.05) is 64.6 Å². The molecule has 3 amide bonds. The van der Waals surface area contributed by atoms with Crippen LogP contribution in [0.25, 0.3) is 0 Å². The predicted molar refractivity (Wildman–Crippen MR) is 85.6 cm³/mol. The third-order valence-electron chi connectivity index (χ3n) is 2.82. The van der Waals surface area contributed by atoms with Crippen molar-refractivity contribution < 1.29 is 14.7 Å². The second-order valence-corrected chi connectivity index (χ2v) is 7.15. The van der Waals surface area contributed by atoms with E-state index in [0.29, 0.717) is 5.69 Å². The molecule has 1 atom stereocenters. The van der Waals surface area contributed by atoms with E-state index in [9.17, 15) is 14.7 Å². The number of hydrogen-bond acceptors (Lipinski definition) is 4. The summed E-state index contributed by atoms with van der Waals surface area (Å²) in [5.41, 5.74) is 0.348. The van der Waals surface area contributed by atoms with E-state index in [1.54, 1.807) is 30.3 Å². The van der Waals surface area contributed by atoms with E-state index in [1.165, 1.54) is 7.05 Å². The average molecular weight is 385 g/mol. The fraction of sp³-hybridized carbons (Fsp3) is 0.250. The number of para-hydroxylation sites is 1. The summed E-state index contributed by atoms with van der Waals surface area (Å²) in [6.45, 7) is 0. The third-order valence-corrected chi connectivity index (χ3v) is 4.26. The number of anilines is 1. The molecule has 1 unspecified atom stereocenters. The predicted octanol–water partition coefficient (Wildman–Crippen LogP) is 2.74. The SMILES string of the molecule is CN1C(=O)/C(=N\C(O)(Cl)C(Cl)(Cl)Cl)N(c2ccccc2)C1=O. The number of hydrogen-bond donors (Lipinski definition) is 1. The molecule has 1 aliphatic heterocycles. The zero-order valence-electron chi connectivity index (χ0n) is 11.0. The van der Waals surface area contributed by atoms with Crippen molar-refractivity contribution in [3.05, 3.63) is 30.3 Å². The number of carbonyl (C=O) groups is 2. The number of urea groups is 1. The molecule has 6 nitrogen and oxygen atoms in total. The van der Waals surface area contributed by atoms with Crippen molar-refractivity contribution in [3.8, 4) is 0 Å². The van der Waals surface area contributed by atoms with Crippen molar-refractivity contribution >= 4 is 69.9 Å². The highest BCUT2D eigenvalue weighted by Crippen LogP contribution is 2.42. The van der Waals surface area contributed by atoms with Crippen LogP contribution in [0.15, 0.2) is 35.3 Å². The van der Waals surface area contributed by atoms with E-state index in [-0.39, 0.29) is 0 Å². The molecule has 1 aliphatic rings. The molecule has 1 N–H and O–H groups in total. The van der Waals surface area contributed by atoms with Crippen LogP contribution in [0.5, 0.6) is 0 Å². The van der Waals surface area contributed by atoms with Gasteiger partial charge in [0, 0.05) is 7.05 Å². The minimum atomic E-state index is -2.72. The number of rotatable bonds is 2.